The van der Waals surface area contributed by atoms with Crippen LogP contribution in [0, 0.1) is 6.92 Å². The van der Waals surface area contributed by atoms with Gasteiger partial charge in [0.05, 0.1) is 11.9 Å². The molecule has 0 radical (unpaired) electrons. The Morgan fingerprint density at radius 1 is 1.27 bits per heavy atom. The van der Waals surface area contributed by atoms with Crippen LogP contribution in [0.15, 0.2) is 29.2 Å². The fraction of sp³-hybridized carbons (Fsp3) is 0.308. The monoisotopic (exact) mass is 362 g/mol. The Balaban J connectivity index is 2.11. The maximum atomic E-state index is 13.1. The van der Waals surface area contributed by atoms with Crippen LogP contribution in [-0.4, -0.2) is 24.2 Å². The molecule has 0 amide bonds. The predicted octanol–water partition coefficient (Wildman–Crippen LogP) is 3.72. The summed E-state index contributed by atoms with van der Waals surface area (Å²) in [6.07, 6.45) is -3.51. The van der Waals surface area contributed by atoms with Crippen molar-refractivity contribution < 1.29 is 18.3 Å². The highest BCUT2D eigenvalue weighted by molar-refractivity contribution is 8.13. The number of benzene rings is 1. The summed E-state index contributed by atoms with van der Waals surface area (Å²) in [5.74, 6) is 0.0353. The van der Waals surface area contributed by atoms with Crippen LogP contribution >= 0.6 is 17.5 Å². The molecule has 0 saturated carbocycles. The van der Waals surface area contributed by atoms with Gasteiger partial charge in [-0.25, -0.2) is 4.76 Å². The molecule has 0 fully saturated rings. The first-order chi connectivity index (χ1) is 10.1. The fourth-order valence-electron chi connectivity index (χ4n) is 2.00. The number of thiazole rings is 1. The van der Waals surface area contributed by atoms with Crippen LogP contribution in [0.2, 0.25) is 0 Å². The molecule has 1 aliphatic rings. The van der Waals surface area contributed by atoms with Crippen molar-refractivity contribution in [2.75, 3.05) is 13.3 Å². The van der Waals surface area contributed by atoms with Crippen molar-refractivity contribution >= 4 is 29.3 Å². The molecule has 118 valence electrons. The van der Waals surface area contributed by atoms with Crippen LogP contribution in [0.3, 0.4) is 0 Å². The van der Waals surface area contributed by atoms with Gasteiger partial charge in [-0.1, -0.05) is 11.8 Å². The number of hydrogen-bond donors (Lipinski definition) is 0. The SMILES string of the molecule is Cc1cn(-c2ccc3c(c2)OC(F)(F)O3)c(=NP(C)(C)=S)s1. The van der Waals surface area contributed by atoms with E-state index in [9.17, 15) is 8.78 Å². The molecule has 0 N–H and O–H groups in total. The molecule has 3 rings (SSSR count). The van der Waals surface area contributed by atoms with E-state index >= 15 is 0 Å². The van der Waals surface area contributed by atoms with Gasteiger partial charge in [-0.2, -0.15) is 0 Å². The van der Waals surface area contributed by atoms with Gasteiger partial charge in [-0.15, -0.1) is 20.1 Å². The van der Waals surface area contributed by atoms with Gasteiger partial charge in [-0.3, -0.25) is 4.57 Å². The average molecular weight is 362 g/mol. The van der Waals surface area contributed by atoms with E-state index in [1.807, 2.05) is 31.0 Å². The Labute approximate surface area is 135 Å². The minimum atomic E-state index is -3.61. The molecule has 2 aromatic rings. The number of fused-ring (bicyclic) bond motifs is 1. The van der Waals surface area contributed by atoms with Crippen molar-refractivity contribution in [1.29, 1.82) is 0 Å². The van der Waals surface area contributed by atoms with E-state index in [1.165, 1.54) is 23.5 Å². The summed E-state index contributed by atoms with van der Waals surface area (Å²) in [6.45, 7) is 5.82. The number of rotatable bonds is 2. The number of ether oxygens (including phenoxy) is 2. The average Bonchev–Trinajstić information content (AvgIpc) is 2.84. The van der Waals surface area contributed by atoms with Gasteiger partial charge in [0.1, 0.15) is 0 Å². The van der Waals surface area contributed by atoms with Crippen LogP contribution in [0.4, 0.5) is 8.78 Å². The molecule has 1 aromatic carbocycles. The molecule has 2 heterocycles. The summed E-state index contributed by atoms with van der Waals surface area (Å²) in [5, 5.41) is 0. The summed E-state index contributed by atoms with van der Waals surface area (Å²) >= 11 is 6.90. The van der Waals surface area contributed by atoms with Crippen LogP contribution < -0.4 is 14.3 Å². The molecule has 0 unspecified atom stereocenters. The van der Waals surface area contributed by atoms with Crippen molar-refractivity contribution in [2.24, 2.45) is 4.76 Å². The molecular weight excluding hydrogens is 349 g/mol. The maximum absolute atomic E-state index is 13.1. The van der Waals surface area contributed by atoms with Crippen molar-refractivity contribution in [2.45, 2.75) is 13.2 Å². The van der Waals surface area contributed by atoms with E-state index in [0.717, 1.165) is 9.68 Å². The summed E-state index contributed by atoms with van der Waals surface area (Å²) < 4.78 is 41.5. The quantitative estimate of drug-likeness (QED) is 0.764. The van der Waals surface area contributed by atoms with Gasteiger partial charge in [0, 0.05) is 17.1 Å². The van der Waals surface area contributed by atoms with Gasteiger partial charge >= 0.3 is 6.29 Å². The third-order valence-corrected chi connectivity index (χ3v) is 4.71. The second-order valence-electron chi connectivity index (χ2n) is 5.19. The molecule has 4 nitrogen and oxygen atoms in total. The summed E-state index contributed by atoms with van der Waals surface area (Å²) in [7, 11) is 0. The smallest absolute Gasteiger partial charge is 0.395 e. The number of hydrogen-bond acceptors (Lipinski definition) is 4. The van der Waals surface area contributed by atoms with E-state index in [2.05, 4.69) is 14.2 Å². The Morgan fingerprint density at radius 3 is 2.64 bits per heavy atom. The molecule has 9 heteroatoms. The molecule has 1 aliphatic heterocycles. The number of nitrogens with zero attached hydrogens (tertiary/aromatic N) is 2. The Kier molecular flexibility index (Phi) is 3.66. The summed E-state index contributed by atoms with van der Waals surface area (Å²) in [6, 6.07) is 4.66. The van der Waals surface area contributed by atoms with Crippen molar-refractivity contribution in [1.82, 2.24) is 4.57 Å². The molecule has 0 spiro atoms. The normalized spacial score (nSPS) is 17.0. The third-order valence-electron chi connectivity index (χ3n) is 2.76. The van der Waals surface area contributed by atoms with Crippen LogP contribution in [0.1, 0.15) is 4.88 Å². The molecule has 0 atom stereocenters. The topological polar surface area (TPSA) is 35.8 Å². The van der Waals surface area contributed by atoms with Crippen molar-refractivity contribution in [3.8, 4) is 17.2 Å². The highest BCUT2D eigenvalue weighted by Gasteiger charge is 2.43. The second-order valence-corrected chi connectivity index (χ2v) is 11.9. The third kappa shape index (κ3) is 3.24. The fourth-order valence-corrected chi connectivity index (χ4v) is 4.38. The van der Waals surface area contributed by atoms with Crippen molar-refractivity contribution in [3.05, 3.63) is 34.1 Å². The number of alkyl halides is 2. The molecule has 0 aliphatic carbocycles. The van der Waals surface area contributed by atoms with Crippen LogP contribution in [-0.2, 0) is 11.8 Å². The Hall–Kier alpha value is -1.24. The van der Waals surface area contributed by atoms with E-state index in [-0.39, 0.29) is 11.5 Å². The van der Waals surface area contributed by atoms with E-state index in [1.54, 1.807) is 6.07 Å². The molecule has 0 bridgehead atoms. The van der Waals surface area contributed by atoms with Crippen LogP contribution in [0.5, 0.6) is 11.5 Å². The predicted molar refractivity (Wildman–Crippen MR) is 86.3 cm³/mol. The summed E-state index contributed by atoms with van der Waals surface area (Å²) in [5.41, 5.74) is 0.673. The lowest BCUT2D eigenvalue weighted by atomic mass is 10.3. The van der Waals surface area contributed by atoms with Gasteiger partial charge in [0.15, 0.2) is 16.3 Å². The van der Waals surface area contributed by atoms with Gasteiger partial charge in [-0.05, 0) is 32.4 Å². The van der Waals surface area contributed by atoms with Gasteiger partial charge < -0.3 is 9.47 Å². The van der Waals surface area contributed by atoms with Crippen molar-refractivity contribution in [3.63, 3.8) is 0 Å². The zero-order chi connectivity index (χ0) is 16.1. The molecular formula is C13H13F2N2O2PS2. The number of aromatic nitrogens is 1. The molecule has 0 saturated heterocycles. The Bertz CT molecular complexity index is 854. The highest BCUT2D eigenvalue weighted by Crippen LogP contribution is 2.42. The minimum absolute atomic E-state index is 0.0113. The first-order valence-corrected chi connectivity index (χ1v) is 10.8. The Morgan fingerprint density at radius 2 is 1.95 bits per heavy atom. The van der Waals surface area contributed by atoms with E-state index < -0.39 is 12.5 Å². The lowest BCUT2D eigenvalue weighted by molar-refractivity contribution is -0.286. The number of aryl methyl sites for hydroxylation is 1. The minimum Gasteiger partial charge on any atom is -0.395 e. The van der Waals surface area contributed by atoms with Gasteiger partial charge in [0.2, 0.25) is 0 Å². The first-order valence-electron chi connectivity index (χ1n) is 6.34. The lowest BCUT2D eigenvalue weighted by Crippen LogP contribution is -2.25. The number of halogens is 2. The van der Waals surface area contributed by atoms with Gasteiger partial charge in [0.25, 0.3) is 0 Å². The lowest BCUT2D eigenvalue weighted by Gasteiger charge is -2.06. The van der Waals surface area contributed by atoms with E-state index in [4.69, 9.17) is 11.8 Å². The van der Waals surface area contributed by atoms with E-state index in [0.29, 0.717) is 5.69 Å². The summed E-state index contributed by atoms with van der Waals surface area (Å²) in [4.78, 5) is 1.79. The standard InChI is InChI=1S/C13H13F2N2O2PS2/c1-8-7-17(12(22-8)16-20(2,3)21)9-4-5-10-11(6-9)19-13(14,15)18-10/h4-7H,1-3H3. The first kappa shape index (κ1) is 15.6. The zero-order valence-corrected chi connectivity index (χ0v) is 14.6. The second kappa shape index (κ2) is 5.15. The largest absolute Gasteiger partial charge is 0.586 e. The molecule has 22 heavy (non-hydrogen) atoms. The highest BCUT2D eigenvalue weighted by atomic mass is 32.4. The molecule has 1 aromatic heterocycles. The van der Waals surface area contributed by atoms with Crippen LogP contribution in [0.25, 0.3) is 5.69 Å². The maximum Gasteiger partial charge on any atom is 0.586 e. The zero-order valence-electron chi connectivity index (χ0n) is 12.0.